The summed E-state index contributed by atoms with van der Waals surface area (Å²) in [6.45, 7) is 0. The van der Waals surface area contributed by atoms with E-state index in [-0.39, 0.29) is 5.56 Å². The molecule has 27 heavy (non-hydrogen) atoms. The summed E-state index contributed by atoms with van der Waals surface area (Å²) in [5, 5.41) is 12.2. The fourth-order valence-electron chi connectivity index (χ4n) is 2.49. The lowest BCUT2D eigenvalue weighted by Gasteiger charge is -2.07. The lowest BCUT2D eigenvalue weighted by atomic mass is 10.3. The topological polar surface area (TPSA) is 81.4 Å². The van der Waals surface area contributed by atoms with Gasteiger partial charge in [-0.2, -0.15) is 0 Å². The Labute approximate surface area is 163 Å². The standard InChI is InChI=1S/C18H15N5O2S2/c1-25-14-7-3-2-6-13(14)20-17-21-22-18(27-17)26-11-12-10-16(24)23-9-5-4-8-15(23)19-12/h2-10H,11H2,1H3,(H,20,21). The number of benzene rings is 1. The molecule has 0 aliphatic rings. The molecule has 3 heterocycles. The smallest absolute Gasteiger partial charge is 0.258 e. The van der Waals surface area contributed by atoms with Crippen LogP contribution in [0, 0.1) is 0 Å². The molecule has 0 radical (unpaired) electrons. The molecular weight excluding hydrogens is 382 g/mol. The van der Waals surface area contributed by atoms with E-state index in [9.17, 15) is 4.79 Å². The summed E-state index contributed by atoms with van der Waals surface area (Å²) in [4.78, 5) is 16.7. The van der Waals surface area contributed by atoms with Crippen molar-refractivity contribution in [3.63, 3.8) is 0 Å². The van der Waals surface area contributed by atoms with Crippen molar-refractivity contribution < 1.29 is 4.74 Å². The molecule has 0 saturated heterocycles. The number of fused-ring (bicyclic) bond motifs is 1. The van der Waals surface area contributed by atoms with Crippen LogP contribution in [0.15, 0.2) is 63.9 Å². The number of aromatic nitrogens is 4. The Hall–Kier alpha value is -2.91. The lowest BCUT2D eigenvalue weighted by molar-refractivity contribution is 0.417. The zero-order valence-corrected chi connectivity index (χ0v) is 16.0. The Kier molecular flexibility index (Phi) is 5.03. The molecule has 136 valence electrons. The average Bonchev–Trinajstić information content (AvgIpc) is 3.14. The van der Waals surface area contributed by atoms with Gasteiger partial charge in [-0.3, -0.25) is 9.20 Å². The third-order valence-electron chi connectivity index (χ3n) is 3.72. The van der Waals surface area contributed by atoms with Gasteiger partial charge in [0, 0.05) is 18.0 Å². The van der Waals surface area contributed by atoms with Crippen molar-refractivity contribution >= 4 is 39.6 Å². The third kappa shape index (κ3) is 3.93. The molecule has 7 nitrogen and oxygen atoms in total. The van der Waals surface area contributed by atoms with Crippen molar-refractivity contribution in [1.82, 2.24) is 19.6 Å². The van der Waals surface area contributed by atoms with Crippen molar-refractivity contribution in [2.24, 2.45) is 0 Å². The van der Waals surface area contributed by atoms with Gasteiger partial charge in [0.25, 0.3) is 5.56 Å². The van der Waals surface area contributed by atoms with Crippen LogP contribution in [0.5, 0.6) is 5.75 Å². The molecule has 0 fully saturated rings. The highest BCUT2D eigenvalue weighted by atomic mass is 32.2. The second-order valence-corrected chi connectivity index (χ2v) is 7.70. The number of hydrogen-bond donors (Lipinski definition) is 1. The molecule has 0 saturated carbocycles. The van der Waals surface area contributed by atoms with Crippen LogP contribution in [0.1, 0.15) is 5.69 Å². The molecule has 0 amide bonds. The minimum atomic E-state index is -0.0907. The van der Waals surface area contributed by atoms with Gasteiger partial charge in [-0.15, -0.1) is 10.2 Å². The second-order valence-electron chi connectivity index (χ2n) is 5.50. The summed E-state index contributed by atoms with van der Waals surface area (Å²) in [5.41, 5.74) is 2.09. The number of nitrogens with zero attached hydrogens (tertiary/aromatic N) is 4. The highest BCUT2D eigenvalue weighted by Crippen LogP contribution is 2.32. The number of thioether (sulfide) groups is 1. The van der Waals surface area contributed by atoms with Crippen molar-refractivity contribution in [2.75, 3.05) is 12.4 Å². The van der Waals surface area contributed by atoms with Crippen LogP contribution >= 0.6 is 23.1 Å². The number of ether oxygens (including phenoxy) is 1. The first-order chi connectivity index (χ1) is 13.2. The van der Waals surface area contributed by atoms with E-state index in [1.165, 1.54) is 27.5 Å². The van der Waals surface area contributed by atoms with Crippen LogP contribution in [0.2, 0.25) is 0 Å². The van der Waals surface area contributed by atoms with E-state index in [2.05, 4.69) is 20.5 Å². The van der Waals surface area contributed by atoms with Crippen LogP contribution in [-0.4, -0.2) is 26.7 Å². The molecule has 4 aromatic rings. The van der Waals surface area contributed by atoms with Crippen LogP contribution in [0.4, 0.5) is 10.8 Å². The third-order valence-corrected chi connectivity index (χ3v) is 5.73. The lowest BCUT2D eigenvalue weighted by Crippen LogP contribution is -2.14. The van der Waals surface area contributed by atoms with Crippen LogP contribution in [0.25, 0.3) is 5.65 Å². The van der Waals surface area contributed by atoms with Gasteiger partial charge in [0.1, 0.15) is 11.4 Å². The Bertz CT molecular complexity index is 1140. The summed E-state index contributed by atoms with van der Waals surface area (Å²) >= 11 is 2.93. The molecular formula is C18H15N5O2S2. The summed E-state index contributed by atoms with van der Waals surface area (Å²) in [7, 11) is 1.63. The first-order valence-electron chi connectivity index (χ1n) is 8.06. The van der Waals surface area contributed by atoms with E-state index in [1.807, 2.05) is 42.5 Å². The maximum atomic E-state index is 12.1. The van der Waals surface area contributed by atoms with Crippen molar-refractivity contribution in [3.8, 4) is 5.75 Å². The Morgan fingerprint density at radius 1 is 1.19 bits per heavy atom. The van der Waals surface area contributed by atoms with Crippen LogP contribution in [-0.2, 0) is 5.75 Å². The maximum Gasteiger partial charge on any atom is 0.258 e. The van der Waals surface area contributed by atoms with Gasteiger partial charge in [-0.05, 0) is 24.3 Å². The summed E-state index contributed by atoms with van der Waals surface area (Å²) in [6.07, 6.45) is 1.71. The predicted molar refractivity (Wildman–Crippen MR) is 107 cm³/mol. The minimum Gasteiger partial charge on any atom is -0.495 e. The maximum absolute atomic E-state index is 12.1. The van der Waals surface area contributed by atoms with E-state index < -0.39 is 0 Å². The van der Waals surface area contributed by atoms with Crippen molar-refractivity contribution in [3.05, 3.63) is 70.8 Å². The predicted octanol–water partition coefficient (Wildman–Crippen LogP) is 3.59. The van der Waals surface area contributed by atoms with E-state index in [4.69, 9.17) is 4.74 Å². The number of methoxy groups -OCH3 is 1. The normalized spacial score (nSPS) is 10.9. The molecule has 9 heteroatoms. The number of hydrogen-bond acceptors (Lipinski definition) is 8. The molecule has 1 N–H and O–H groups in total. The largest absolute Gasteiger partial charge is 0.495 e. The first-order valence-corrected chi connectivity index (χ1v) is 9.87. The number of nitrogens with one attached hydrogen (secondary N) is 1. The van der Waals surface area contributed by atoms with Crippen molar-refractivity contribution in [1.29, 1.82) is 0 Å². The Morgan fingerprint density at radius 2 is 2.04 bits per heavy atom. The quantitative estimate of drug-likeness (QED) is 0.498. The fraction of sp³-hybridized carbons (Fsp3) is 0.111. The van der Waals surface area contributed by atoms with Crippen LogP contribution < -0.4 is 15.6 Å². The molecule has 0 spiro atoms. The SMILES string of the molecule is COc1ccccc1Nc1nnc(SCc2cc(=O)n3ccccc3n2)s1. The average molecular weight is 397 g/mol. The second kappa shape index (κ2) is 7.77. The Balaban J connectivity index is 1.46. The number of pyridine rings is 1. The van der Waals surface area contributed by atoms with Crippen molar-refractivity contribution in [2.45, 2.75) is 10.1 Å². The van der Waals surface area contributed by atoms with Gasteiger partial charge in [0.2, 0.25) is 5.13 Å². The number of anilines is 2. The van der Waals surface area contributed by atoms with Crippen LogP contribution in [0.3, 0.4) is 0 Å². The first kappa shape index (κ1) is 17.5. The molecule has 0 aliphatic heterocycles. The fourth-order valence-corrected chi connectivity index (χ4v) is 4.15. The van der Waals surface area contributed by atoms with Gasteiger partial charge < -0.3 is 10.1 Å². The monoisotopic (exact) mass is 397 g/mol. The molecule has 0 aliphatic carbocycles. The summed E-state index contributed by atoms with van der Waals surface area (Å²) < 4.78 is 7.64. The highest BCUT2D eigenvalue weighted by molar-refractivity contribution is 8.00. The van der Waals surface area contributed by atoms with E-state index in [0.29, 0.717) is 22.2 Å². The summed E-state index contributed by atoms with van der Waals surface area (Å²) in [5.74, 6) is 1.28. The van der Waals surface area contributed by atoms with Gasteiger partial charge in [-0.25, -0.2) is 4.98 Å². The Morgan fingerprint density at radius 3 is 2.93 bits per heavy atom. The van der Waals surface area contributed by atoms with Gasteiger partial charge in [0.05, 0.1) is 18.5 Å². The van der Waals surface area contributed by atoms with E-state index in [1.54, 1.807) is 19.4 Å². The summed E-state index contributed by atoms with van der Waals surface area (Å²) in [6, 6.07) is 14.7. The minimum absolute atomic E-state index is 0.0907. The molecule has 4 rings (SSSR count). The molecule has 0 atom stereocenters. The molecule has 0 bridgehead atoms. The number of rotatable bonds is 6. The number of para-hydroxylation sites is 2. The van der Waals surface area contributed by atoms with Gasteiger partial charge in [0.15, 0.2) is 4.34 Å². The zero-order chi connectivity index (χ0) is 18.6. The molecule has 3 aromatic heterocycles. The van der Waals surface area contributed by atoms with E-state index >= 15 is 0 Å². The molecule has 0 unspecified atom stereocenters. The van der Waals surface area contributed by atoms with Gasteiger partial charge >= 0.3 is 0 Å². The highest BCUT2D eigenvalue weighted by Gasteiger charge is 2.09. The zero-order valence-electron chi connectivity index (χ0n) is 14.3. The van der Waals surface area contributed by atoms with Gasteiger partial charge in [-0.1, -0.05) is 41.3 Å². The van der Waals surface area contributed by atoms with E-state index in [0.717, 1.165) is 15.8 Å². The molecule has 1 aromatic carbocycles.